The van der Waals surface area contributed by atoms with Crippen LogP contribution in [0.5, 0.6) is 0 Å². The summed E-state index contributed by atoms with van der Waals surface area (Å²) in [6.07, 6.45) is 0. The van der Waals surface area contributed by atoms with Crippen molar-refractivity contribution in [2.75, 3.05) is 0 Å². The molecule has 0 N–H and O–H groups in total. The van der Waals surface area contributed by atoms with Crippen molar-refractivity contribution < 1.29 is 46.5 Å². The average molecular weight is 364 g/mol. The number of halogens is 2. The second-order valence-electron chi connectivity index (χ2n) is 4.36. The van der Waals surface area contributed by atoms with Gasteiger partial charge in [0.2, 0.25) is 0 Å². The van der Waals surface area contributed by atoms with E-state index in [0.29, 0.717) is 0 Å². The van der Waals surface area contributed by atoms with Crippen LogP contribution in [0, 0.1) is 27.7 Å². The minimum atomic E-state index is 0. The quantitative estimate of drug-likeness (QED) is 0.397. The third-order valence-corrected chi connectivity index (χ3v) is 2.63. The minimum absolute atomic E-state index is 0. The SMILES string of the molecule is C[SiH]C.Cc1cc[cH-]c1C.Cc1cc[cH-]c1C.[Cl-].[Cl-].[Ti+4]. The first-order valence-corrected chi connectivity index (χ1v) is 8.45. The molecule has 2 aromatic carbocycles. The summed E-state index contributed by atoms with van der Waals surface area (Å²) in [5.41, 5.74) is 5.56. The van der Waals surface area contributed by atoms with E-state index in [1.54, 1.807) is 0 Å². The van der Waals surface area contributed by atoms with E-state index in [0.717, 1.165) is 9.52 Å². The van der Waals surface area contributed by atoms with Gasteiger partial charge in [0.25, 0.3) is 0 Å². The molecule has 0 saturated heterocycles. The summed E-state index contributed by atoms with van der Waals surface area (Å²) >= 11 is 0. The molecule has 0 aliphatic carbocycles. The first-order valence-electron chi connectivity index (χ1n) is 6.14. The predicted molar refractivity (Wildman–Crippen MR) is 81.9 cm³/mol. The Kier molecular flexibility index (Phi) is 24.5. The molecule has 2 rings (SSSR count). The van der Waals surface area contributed by atoms with E-state index >= 15 is 0 Å². The van der Waals surface area contributed by atoms with Crippen LogP contribution in [0.15, 0.2) is 36.4 Å². The zero-order chi connectivity index (χ0) is 13.3. The zero-order valence-corrected chi connectivity index (χ0v) is 17.5. The molecule has 0 atom stereocenters. The Bertz CT molecular complexity index is 337. The fourth-order valence-electron chi connectivity index (χ4n) is 1.20. The largest absolute Gasteiger partial charge is 4.00 e. The van der Waals surface area contributed by atoms with E-state index in [1.807, 2.05) is 0 Å². The van der Waals surface area contributed by atoms with Crippen molar-refractivity contribution in [3.05, 3.63) is 58.7 Å². The van der Waals surface area contributed by atoms with Gasteiger partial charge in [-0.1, -0.05) is 40.8 Å². The Morgan fingerprint density at radius 3 is 1.05 bits per heavy atom. The van der Waals surface area contributed by atoms with Crippen molar-refractivity contribution in [2.45, 2.75) is 40.8 Å². The van der Waals surface area contributed by atoms with Crippen molar-refractivity contribution in [1.29, 1.82) is 0 Å². The molecule has 1 radical (unpaired) electrons. The first kappa shape index (κ1) is 28.4. The molecule has 0 aliphatic rings. The van der Waals surface area contributed by atoms with Crippen LogP contribution in [0.25, 0.3) is 0 Å². The Balaban J connectivity index is -0.0000000956. The Morgan fingerprint density at radius 1 is 0.750 bits per heavy atom. The van der Waals surface area contributed by atoms with Gasteiger partial charge in [-0.05, 0) is 0 Å². The molecule has 4 heteroatoms. The molecule has 0 spiro atoms. The summed E-state index contributed by atoms with van der Waals surface area (Å²) in [7, 11) is 0.750. The van der Waals surface area contributed by atoms with E-state index < -0.39 is 0 Å². The number of rotatable bonds is 0. The molecule has 0 unspecified atom stereocenters. The number of hydrogen-bond donors (Lipinski definition) is 0. The van der Waals surface area contributed by atoms with Crippen LogP contribution in [0.1, 0.15) is 22.3 Å². The number of aryl methyl sites for hydroxylation is 4. The van der Waals surface area contributed by atoms with E-state index in [9.17, 15) is 0 Å². The monoisotopic (exact) mass is 363 g/mol. The van der Waals surface area contributed by atoms with E-state index in [4.69, 9.17) is 0 Å². The van der Waals surface area contributed by atoms with E-state index in [-0.39, 0.29) is 46.5 Å². The van der Waals surface area contributed by atoms with Crippen LogP contribution in [-0.4, -0.2) is 9.52 Å². The molecule has 111 valence electrons. The fraction of sp³-hybridized carbons (Fsp3) is 0.375. The van der Waals surface area contributed by atoms with Gasteiger partial charge in [0, 0.05) is 9.52 Å². The summed E-state index contributed by atoms with van der Waals surface area (Å²) < 4.78 is 0. The predicted octanol–water partition coefficient (Wildman–Crippen LogP) is -1.43. The fourth-order valence-corrected chi connectivity index (χ4v) is 1.20. The summed E-state index contributed by atoms with van der Waals surface area (Å²) in [6.45, 7) is 12.9. The van der Waals surface area contributed by atoms with Crippen LogP contribution in [-0.2, 0) is 21.7 Å². The van der Waals surface area contributed by atoms with Crippen LogP contribution >= 0.6 is 0 Å². The molecule has 0 heterocycles. The zero-order valence-electron chi connectivity index (χ0n) is 13.3. The van der Waals surface area contributed by atoms with Crippen molar-refractivity contribution in [3.63, 3.8) is 0 Å². The molecule has 0 nitrogen and oxygen atoms in total. The molecular weight excluding hydrogens is 339 g/mol. The van der Waals surface area contributed by atoms with Crippen molar-refractivity contribution in [2.24, 2.45) is 0 Å². The Labute approximate surface area is 155 Å². The molecule has 0 aliphatic heterocycles. The smallest absolute Gasteiger partial charge is 1.00 e. The van der Waals surface area contributed by atoms with Gasteiger partial charge in [-0.2, -0.15) is 46.5 Å². The molecule has 0 amide bonds. The summed E-state index contributed by atoms with van der Waals surface area (Å²) in [5, 5.41) is 0. The van der Waals surface area contributed by atoms with Gasteiger partial charge >= 0.3 is 21.7 Å². The van der Waals surface area contributed by atoms with Crippen LogP contribution in [0.3, 0.4) is 0 Å². The first-order chi connectivity index (χ1) is 8.02. The molecule has 20 heavy (non-hydrogen) atoms. The number of hydrogen-bond acceptors (Lipinski definition) is 0. The van der Waals surface area contributed by atoms with Crippen molar-refractivity contribution >= 4 is 9.52 Å². The van der Waals surface area contributed by atoms with Gasteiger partial charge in [0.1, 0.15) is 0 Å². The third-order valence-electron chi connectivity index (χ3n) is 2.63. The van der Waals surface area contributed by atoms with Gasteiger partial charge in [0.15, 0.2) is 0 Å². The minimum Gasteiger partial charge on any atom is -1.00 e. The van der Waals surface area contributed by atoms with Crippen molar-refractivity contribution in [3.8, 4) is 0 Å². The second kappa shape index (κ2) is 17.3. The normalized spacial score (nSPS) is 7.50. The van der Waals surface area contributed by atoms with E-state index in [2.05, 4.69) is 77.2 Å². The Morgan fingerprint density at radius 2 is 1.00 bits per heavy atom. The maximum atomic E-state index is 2.21. The van der Waals surface area contributed by atoms with Gasteiger partial charge in [-0.3, -0.25) is 0 Å². The molecular formula is C16H25Cl2SiTi. The maximum absolute atomic E-state index is 2.21. The van der Waals surface area contributed by atoms with Crippen LogP contribution in [0.4, 0.5) is 0 Å². The topological polar surface area (TPSA) is 0 Å². The summed E-state index contributed by atoms with van der Waals surface area (Å²) in [6, 6.07) is 12.6. The van der Waals surface area contributed by atoms with E-state index in [1.165, 1.54) is 22.3 Å². The third kappa shape index (κ3) is 13.2. The second-order valence-corrected chi connectivity index (χ2v) is 5.52. The average Bonchev–Trinajstić information content (AvgIpc) is 2.81. The van der Waals surface area contributed by atoms with Crippen LogP contribution < -0.4 is 24.8 Å². The maximum Gasteiger partial charge on any atom is 4.00 e. The molecule has 0 fully saturated rings. The van der Waals surface area contributed by atoms with Gasteiger partial charge in [0.05, 0.1) is 0 Å². The van der Waals surface area contributed by atoms with Crippen LogP contribution in [0.2, 0.25) is 13.1 Å². The summed E-state index contributed by atoms with van der Waals surface area (Å²) in [4.78, 5) is 0. The standard InChI is InChI=1S/2C7H9.C2H7Si.2ClH.Ti/c2*1-6-4-3-5-7(6)2;1-3-2;;;/h2*3-5H,1-2H3;3H,1-2H3;2*1H;/q2*-1;;;;+4/p-2. The van der Waals surface area contributed by atoms with Gasteiger partial charge in [-0.25, -0.2) is 12.1 Å². The van der Waals surface area contributed by atoms with Gasteiger partial charge < -0.3 is 24.8 Å². The van der Waals surface area contributed by atoms with Gasteiger partial charge in [-0.15, -0.1) is 0 Å². The Hall–Kier alpha value is 0.211. The van der Waals surface area contributed by atoms with Crippen molar-refractivity contribution in [1.82, 2.24) is 0 Å². The summed E-state index contributed by atoms with van der Waals surface area (Å²) in [5.74, 6) is 0. The molecule has 2 aromatic rings. The molecule has 0 aromatic heterocycles. The molecule has 0 saturated carbocycles. The molecule has 0 bridgehead atoms.